The predicted molar refractivity (Wildman–Crippen MR) is 62.5 cm³/mol. The molecule has 1 unspecified atom stereocenters. The van der Waals surface area contributed by atoms with E-state index in [-0.39, 0.29) is 12.1 Å². The van der Waals surface area contributed by atoms with E-state index in [1.807, 2.05) is 25.1 Å². The maximum Gasteiger partial charge on any atom is 0.318 e. The van der Waals surface area contributed by atoms with Crippen LogP contribution in [-0.4, -0.2) is 29.0 Å². The number of aromatic nitrogens is 1. The average Bonchev–Trinajstić information content (AvgIpc) is 2.93. The Morgan fingerprint density at radius 2 is 2.47 bits per heavy atom. The fourth-order valence-corrected chi connectivity index (χ4v) is 2.14. The molecule has 2 aromatic rings. The van der Waals surface area contributed by atoms with E-state index in [1.54, 1.807) is 4.90 Å². The Hall–Kier alpha value is -2.04. The molecule has 1 saturated heterocycles. The van der Waals surface area contributed by atoms with Crippen molar-refractivity contribution < 1.29 is 9.21 Å². The van der Waals surface area contributed by atoms with Gasteiger partial charge >= 0.3 is 6.03 Å². The highest BCUT2D eigenvalue weighted by atomic mass is 16.3. The van der Waals surface area contributed by atoms with Crippen LogP contribution >= 0.6 is 0 Å². The Kier molecular flexibility index (Phi) is 2.24. The molecule has 5 heteroatoms. The van der Waals surface area contributed by atoms with Crippen LogP contribution in [0.3, 0.4) is 0 Å². The summed E-state index contributed by atoms with van der Waals surface area (Å²) in [5.74, 6) is 0. The van der Waals surface area contributed by atoms with Crippen LogP contribution < -0.4 is 5.32 Å². The molecule has 0 bridgehead atoms. The third kappa shape index (κ3) is 1.63. The van der Waals surface area contributed by atoms with E-state index < -0.39 is 0 Å². The number of carbonyl (C=O) groups is 1. The molecule has 1 aliphatic heterocycles. The van der Waals surface area contributed by atoms with E-state index in [0.29, 0.717) is 6.54 Å². The van der Waals surface area contributed by atoms with Gasteiger partial charge in [-0.1, -0.05) is 6.07 Å². The molecule has 1 aliphatic rings. The highest BCUT2D eigenvalue weighted by Crippen LogP contribution is 2.23. The summed E-state index contributed by atoms with van der Waals surface area (Å²) in [5, 5.41) is 2.95. The first-order valence-corrected chi connectivity index (χ1v) is 5.66. The lowest BCUT2D eigenvalue weighted by molar-refractivity contribution is 0.219. The van der Waals surface area contributed by atoms with Crippen LogP contribution in [0.4, 0.5) is 4.79 Å². The van der Waals surface area contributed by atoms with Gasteiger partial charge in [0.25, 0.3) is 0 Å². The van der Waals surface area contributed by atoms with Crippen LogP contribution in [0.1, 0.15) is 18.5 Å². The van der Waals surface area contributed by atoms with Crippen LogP contribution in [0.15, 0.2) is 29.0 Å². The van der Waals surface area contributed by atoms with Crippen molar-refractivity contribution in [1.29, 1.82) is 0 Å². The van der Waals surface area contributed by atoms with Gasteiger partial charge < -0.3 is 14.6 Å². The molecule has 1 atom stereocenters. The molecular weight excluding hydrogens is 218 g/mol. The molecule has 3 rings (SSSR count). The topological polar surface area (TPSA) is 58.4 Å². The molecule has 1 aromatic carbocycles. The van der Waals surface area contributed by atoms with Gasteiger partial charge in [-0.15, -0.1) is 0 Å². The number of nitrogens with zero attached hydrogens (tertiary/aromatic N) is 2. The normalized spacial score (nSPS) is 19.9. The van der Waals surface area contributed by atoms with E-state index in [1.165, 1.54) is 6.39 Å². The zero-order valence-corrected chi connectivity index (χ0v) is 9.51. The van der Waals surface area contributed by atoms with Crippen molar-refractivity contribution in [1.82, 2.24) is 15.2 Å². The molecule has 2 amide bonds. The minimum Gasteiger partial charge on any atom is -0.443 e. The number of fused-ring (bicyclic) bond motifs is 1. The molecule has 1 N–H and O–H groups in total. The second-order valence-corrected chi connectivity index (χ2v) is 4.12. The molecule has 0 radical (unpaired) electrons. The second kappa shape index (κ2) is 3.76. The maximum absolute atomic E-state index is 11.6. The number of nitrogens with one attached hydrogen (secondary N) is 1. The molecule has 1 aromatic heterocycles. The highest BCUT2D eigenvalue weighted by Gasteiger charge is 2.28. The van der Waals surface area contributed by atoms with Crippen molar-refractivity contribution in [3.8, 4) is 0 Å². The first kappa shape index (κ1) is 10.1. The largest absolute Gasteiger partial charge is 0.443 e. The van der Waals surface area contributed by atoms with Gasteiger partial charge in [0.15, 0.2) is 12.0 Å². The fourth-order valence-electron chi connectivity index (χ4n) is 2.14. The summed E-state index contributed by atoms with van der Waals surface area (Å²) in [6, 6.07) is 5.86. The molecule has 88 valence electrons. The van der Waals surface area contributed by atoms with E-state index in [0.717, 1.165) is 23.2 Å². The fraction of sp³-hybridized carbons (Fsp3) is 0.333. The highest BCUT2D eigenvalue weighted by molar-refractivity contribution is 5.78. The smallest absolute Gasteiger partial charge is 0.318 e. The van der Waals surface area contributed by atoms with Crippen molar-refractivity contribution in [2.75, 3.05) is 13.1 Å². The van der Waals surface area contributed by atoms with Gasteiger partial charge in [0, 0.05) is 13.1 Å². The summed E-state index contributed by atoms with van der Waals surface area (Å²) in [6.07, 6.45) is 1.43. The average molecular weight is 231 g/mol. The van der Waals surface area contributed by atoms with Crippen molar-refractivity contribution in [3.63, 3.8) is 0 Å². The van der Waals surface area contributed by atoms with Crippen LogP contribution in [0.25, 0.3) is 11.1 Å². The molecule has 5 nitrogen and oxygen atoms in total. The summed E-state index contributed by atoms with van der Waals surface area (Å²) in [6.45, 7) is 3.41. The lowest BCUT2D eigenvalue weighted by Crippen LogP contribution is -2.27. The van der Waals surface area contributed by atoms with Crippen molar-refractivity contribution in [3.05, 3.63) is 30.2 Å². The number of rotatable bonds is 2. The van der Waals surface area contributed by atoms with Gasteiger partial charge in [-0.05, 0) is 24.6 Å². The van der Waals surface area contributed by atoms with Gasteiger partial charge in [-0.3, -0.25) is 0 Å². The Balaban J connectivity index is 1.91. The minimum absolute atomic E-state index is 0.00448. The van der Waals surface area contributed by atoms with E-state index in [2.05, 4.69) is 10.3 Å². The van der Waals surface area contributed by atoms with E-state index in [9.17, 15) is 4.79 Å². The summed E-state index contributed by atoms with van der Waals surface area (Å²) in [7, 11) is 0. The molecule has 17 heavy (non-hydrogen) atoms. The molecule has 0 aliphatic carbocycles. The Labute approximate surface area is 98.4 Å². The van der Waals surface area contributed by atoms with Crippen molar-refractivity contribution in [2.45, 2.75) is 13.0 Å². The van der Waals surface area contributed by atoms with Crippen LogP contribution in [0.2, 0.25) is 0 Å². The molecule has 0 saturated carbocycles. The number of hydrogen-bond acceptors (Lipinski definition) is 3. The van der Waals surface area contributed by atoms with Crippen LogP contribution in [0.5, 0.6) is 0 Å². The molecule has 0 spiro atoms. The first-order chi connectivity index (χ1) is 8.28. The van der Waals surface area contributed by atoms with Gasteiger partial charge in [-0.25, -0.2) is 9.78 Å². The maximum atomic E-state index is 11.6. The van der Waals surface area contributed by atoms with Crippen molar-refractivity contribution >= 4 is 17.1 Å². The third-order valence-electron chi connectivity index (χ3n) is 3.13. The van der Waals surface area contributed by atoms with E-state index >= 15 is 0 Å². The number of oxazole rings is 1. The third-order valence-corrected chi connectivity index (χ3v) is 3.13. The van der Waals surface area contributed by atoms with Crippen LogP contribution in [-0.2, 0) is 0 Å². The lowest BCUT2D eigenvalue weighted by Gasteiger charge is -2.11. The van der Waals surface area contributed by atoms with E-state index in [4.69, 9.17) is 4.42 Å². The van der Waals surface area contributed by atoms with Gasteiger partial charge in [0.2, 0.25) is 0 Å². The predicted octanol–water partition coefficient (Wildman–Crippen LogP) is 1.91. The standard InChI is InChI=1S/C12H13N3O2/c1-2-15-6-10(14-12(15)16)8-3-4-9-11(5-8)17-7-13-9/h3-5,7,10H,2,6H2,1H3,(H,14,16). The summed E-state index contributed by atoms with van der Waals surface area (Å²) in [4.78, 5) is 17.4. The second-order valence-electron chi connectivity index (χ2n) is 4.12. The van der Waals surface area contributed by atoms with Gasteiger partial charge in [-0.2, -0.15) is 0 Å². The van der Waals surface area contributed by atoms with Gasteiger partial charge in [0.1, 0.15) is 5.52 Å². The number of urea groups is 1. The Morgan fingerprint density at radius 3 is 3.24 bits per heavy atom. The molecular formula is C12H13N3O2. The summed E-state index contributed by atoms with van der Waals surface area (Å²) in [5.41, 5.74) is 2.65. The zero-order chi connectivity index (χ0) is 11.8. The molecule has 1 fully saturated rings. The molecule has 2 heterocycles. The Bertz CT molecular complexity index is 564. The number of benzene rings is 1. The summed E-state index contributed by atoms with van der Waals surface area (Å²) >= 11 is 0. The van der Waals surface area contributed by atoms with Gasteiger partial charge in [0.05, 0.1) is 6.04 Å². The monoisotopic (exact) mass is 231 g/mol. The Morgan fingerprint density at radius 1 is 1.59 bits per heavy atom. The zero-order valence-electron chi connectivity index (χ0n) is 9.51. The first-order valence-electron chi connectivity index (χ1n) is 5.66. The number of hydrogen-bond donors (Lipinski definition) is 1. The minimum atomic E-state index is -0.00448. The number of amides is 2. The lowest BCUT2D eigenvalue weighted by atomic mass is 10.1. The quantitative estimate of drug-likeness (QED) is 0.858. The SMILES string of the molecule is CCN1CC(c2ccc3ncoc3c2)NC1=O. The van der Waals surface area contributed by atoms with Crippen LogP contribution in [0, 0.1) is 0 Å². The summed E-state index contributed by atoms with van der Waals surface area (Å²) < 4.78 is 5.26. The number of carbonyl (C=O) groups excluding carboxylic acids is 1. The number of likely N-dealkylation sites (N-methyl/N-ethyl adjacent to an activating group) is 1. The van der Waals surface area contributed by atoms with Crippen molar-refractivity contribution in [2.24, 2.45) is 0 Å².